The SMILES string of the molecule is Cc1cc(C)c(C(=O)N2CCN3C(=O)OC[C@H]3C2)c(=O)[nH]1. The maximum Gasteiger partial charge on any atom is 0.410 e. The number of aryl methyl sites for hydroxylation is 2. The number of nitrogens with zero attached hydrogens (tertiary/aromatic N) is 2. The maximum absolute atomic E-state index is 12.6. The van der Waals surface area contributed by atoms with Gasteiger partial charge in [-0.2, -0.15) is 0 Å². The molecule has 21 heavy (non-hydrogen) atoms. The van der Waals surface area contributed by atoms with Crippen LogP contribution >= 0.6 is 0 Å². The molecule has 1 atom stereocenters. The number of piperazine rings is 1. The number of ether oxygens (including phenoxy) is 1. The highest BCUT2D eigenvalue weighted by molar-refractivity contribution is 5.95. The van der Waals surface area contributed by atoms with E-state index in [4.69, 9.17) is 4.74 Å². The predicted molar refractivity (Wildman–Crippen MR) is 74.3 cm³/mol. The third-order valence-corrected chi connectivity index (χ3v) is 3.98. The minimum atomic E-state index is -0.362. The van der Waals surface area contributed by atoms with Crippen LogP contribution in [0, 0.1) is 13.8 Å². The zero-order valence-electron chi connectivity index (χ0n) is 12.0. The second-order valence-corrected chi connectivity index (χ2v) is 5.51. The van der Waals surface area contributed by atoms with E-state index in [0.717, 1.165) is 5.69 Å². The largest absolute Gasteiger partial charge is 0.447 e. The molecule has 0 unspecified atom stereocenters. The molecule has 0 aliphatic carbocycles. The van der Waals surface area contributed by atoms with Gasteiger partial charge in [0, 0.05) is 25.3 Å². The zero-order chi connectivity index (χ0) is 15.1. The van der Waals surface area contributed by atoms with Crippen molar-refractivity contribution >= 4 is 12.0 Å². The van der Waals surface area contributed by atoms with Crippen LogP contribution < -0.4 is 5.56 Å². The normalized spacial score (nSPS) is 21.2. The minimum Gasteiger partial charge on any atom is -0.447 e. The van der Waals surface area contributed by atoms with Gasteiger partial charge in [0.2, 0.25) is 0 Å². The van der Waals surface area contributed by atoms with Gasteiger partial charge >= 0.3 is 6.09 Å². The van der Waals surface area contributed by atoms with Gasteiger partial charge in [-0.05, 0) is 25.5 Å². The molecule has 2 amide bonds. The van der Waals surface area contributed by atoms with E-state index < -0.39 is 0 Å². The number of pyridine rings is 1. The molecule has 1 aromatic rings. The fourth-order valence-electron chi connectivity index (χ4n) is 2.95. The van der Waals surface area contributed by atoms with Crippen LogP contribution in [0.5, 0.6) is 0 Å². The Kier molecular flexibility index (Phi) is 3.19. The van der Waals surface area contributed by atoms with Crippen molar-refractivity contribution in [3.05, 3.63) is 33.2 Å². The van der Waals surface area contributed by atoms with E-state index >= 15 is 0 Å². The highest BCUT2D eigenvalue weighted by atomic mass is 16.6. The monoisotopic (exact) mass is 291 g/mol. The molecule has 0 radical (unpaired) electrons. The fourth-order valence-corrected chi connectivity index (χ4v) is 2.95. The standard InChI is InChI=1S/C14H17N3O4/c1-8-5-9(2)15-12(18)11(8)13(19)16-3-4-17-10(6-16)7-21-14(17)20/h5,10H,3-4,6-7H2,1-2H3,(H,15,18)/t10-/m1/s1. The van der Waals surface area contributed by atoms with Gasteiger partial charge in [0.05, 0.1) is 6.04 Å². The zero-order valence-corrected chi connectivity index (χ0v) is 12.0. The summed E-state index contributed by atoms with van der Waals surface area (Å²) in [6.07, 6.45) is -0.323. The van der Waals surface area contributed by atoms with Gasteiger partial charge in [-0.25, -0.2) is 4.79 Å². The van der Waals surface area contributed by atoms with Gasteiger partial charge in [-0.3, -0.25) is 14.5 Å². The van der Waals surface area contributed by atoms with Crippen LogP contribution in [0.1, 0.15) is 21.6 Å². The van der Waals surface area contributed by atoms with Crippen molar-refractivity contribution in [2.45, 2.75) is 19.9 Å². The molecule has 0 bridgehead atoms. The number of carbonyl (C=O) groups excluding carboxylic acids is 2. The van der Waals surface area contributed by atoms with Gasteiger partial charge < -0.3 is 14.6 Å². The summed E-state index contributed by atoms with van der Waals surface area (Å²) in [6.45, 7) is 5.09. The van der Waals surface area contributed by atoms with E-state index in [2.05, 4.69) is 4.98 Å². The van der Waals surface area contributed by atoms with E-state index in [0.29, 0.717) is 31.8 Å². The van der Waals surface area contributed by atoms with Crippen molar-refractivity contribution in [2.24, 2.45) is 0 Å². The van der Waals surface area contributed by atoms with Crippen LogP contribution in [0.2, 0.25) is 0 Å². The molecule has 112 valence electrons. The van der Waals surface area contributed by atoms with Crippen LogP contribution in [-0.2, 0) is 4.74 Å². The first-order valence-electron chi connectivity index (χ1n) is 6.90. The third kappa shape index (κ3) is 2.28. The van der Waals surface area contributed by atoms with Gasteiger partial charge in [-0.1, -0.05) is 0 Å². The summed E-state index contributed by atoms with van der Waals surface area (Å²) >= 11 is 0. The Morgan fingerprint density at radius 1 is 1.33 bits per heavy atom. The third-order valence-electron chi connectivity index (χ3n) is 3.98. The maximum atomic E-state index is 12.6. The predicted octanol–water partition coefficient (Wildman–Crippen LogP) is 0.268. The molecule has 0 spiro atoms. The van der Waals surface area contributed by atoms with Crippen molar-refractivity contribution < 1.29 is 14.3 Å². The molecule has 0 saturated carbocycles. The number of fused-ring (bicyclic) bond motifs is 1. The number of hydrogen-bond acceptors (Lipinski definition) is 4. The minimum absolute atomic E-state index is 0.111. The Morgan fingerprint density at radius 3 is 2.81 bits per heavy atom. The summed E-state index contributed by atoms with van der Waals surface area (Å²) in [5.41, 5.74) is 1.22. The van der Waals surface area contributed by atoms with Crippen LogP contribution in [0.4, 0.5) is 4.79 Å². The van der Waals surface area contributed by atoms with E-state index in [1.54, 1.807) is 29.7 Å². The molecule has 7 heteroatoms. The van der Waals surface area contributed by atoms with Crippen LogP contribution in [-0.4, -0.2) is 59.1 Å². The summed E-state index contributed by atoms with van der Waals surface area (Å²) in [5, 5.41) is 0. The smallest absolute Gasteiger partial charge is 0.410 e. The van der Waals surface area contributed by atoms with Crippen LogP contribution in [0.25, 0.3) is 0 Å². The highest BCUT2D eigenvalue weighted by Crippen LogP contribution is 2.19. The van der Waals surface area contributed by atoms with Gasteiger partial charge in [-0.15, -0.1) is 0 Å². The first-order valence-corrected chi connectivity index (χ1v) is 6.90. The van der Waals surface area contributed by atoms with E-state index in [1.807, 2.05) is 0 Å². The highest BCUT2D eigenvalue weighted by Gasteiger charge is 2.39. The fraction of sp³-hybridized carbons (Fsp3) is 0.500. The number of rotatable bonds is 1. The Morgan fingerprint density at radius 2 is 2.10 bits per heavy atom. The average molecular weight is 291 g/mol. The number of H-pyrrole nitrogens is 1. The van der Waals surface area contributed by atoms with Gasteiger partial charge in [0.1, 0.15) is 12.2 Å². The Labute approximate surface area is 121 Å². The first kappa shape index (κ1) is 13.7. The number of amides is 2. The first-order chi connectivity index (χ1) is 9.97. The molecular formula is C14H17N3O4. The van der Waals surface area contributed by atoms with Gasteiger partial charge in [0.25, 0.3) is 11.5 Å². The van der Waals surface area contributed by atoms with E-state index in [9.17, 15) is 14.4 Å². The number of hydrogen-bond donors (Lipinski definition) is 1. The Hall–Kier alpha value is -2.31. The van der Waals surface area contributed by atoms with Gasteiger partial charge in [0.15, 0.2) is 0 Å². The van der Waals surface area contributed by atoms with Crippen molar-refractivity contribution in [1.29, 1.82) is 0 Å². The lowest BCUT2D eigenvalue weighted by molar-refractivity contribution is 0.0614. The number of cyclic esters (lactones) is 1. The molecule has 3 heterocycles. The van der Waals surface area contributed by atoms with Crippen LogP contribution in [0.3, 0.4) is 0 Å². The van der Waals surface area contributed by atoms with E-state index in [-0.39, 0.29) is 29.2 Å². The van der Waals surface area contributed by atoms with Crippen molar-refractivity contribution in [2.75, 3.05) is 26.2 Å². The lowest BCUT2D eigenvalue weighted by atomic mass is 10.1. The molecule has 2 aliphatic rings. The van der Waals surface area contributed by atoms with Crippen molar-refractivity contribution in [3.8, 4) is 0 Å². The molecule has 1 N–H and O–H groups in total. The number of aromatic nitrogens is 1. The molecule has 1 aromatic heterocycles. The lowest BCUT2D eigenvalue weighted by Gasteiger charge is -2.35. The quantitative estimate of drug-likeness (QED) is 0.805. The topological polar surface area (TPSA) is 82.7 Å². The number of carbonyl (C=O) groups is 2. The van der Waals surface area contributed by atoms with Crippen molar-refractivity contribution in [1.82, 2.24) is 14.8 Å². The molecule has 0 aromatic carbocycles. The Balaban J connectivity index is 1.84. The summed E-state index contributed by atoms with van der Waals surface area (Å²) in [5.74, 6) is -0.284. The number of nitrogens with one attached hydrogen (secondary N) is 1. The molecule has 2 saturated heterocycles. The molecule has 7 nitrogen and oxygen atoms in total. The summed E-state index contributed by atoms with van der Waals surface area (Å²) in [7, 11) is 0. The summed E-state index contributed by atoms with van der Waals surface area (Å²) in [4.78, 5) is 42.0. The second kappa shape index (κ2) is 4.91. The summed E-state index contributed by atoms with van der Waals surface area (Å²) in [6, 6.07) is 1.67. The molecule has 3 rings (SSSR count). The second-order valence-electron chi connectivity index (χ2n) is 5.51. The summed E-state index contributed by atoms with van der Waals surface area (Å²) < 4.78 is 4.98. The lowest BCUT2D eigenvalue weighted by Crippen LogP contribution is -2.54. The van der Waals surface area contributed by atoms with Crippen molar-refractivity contribution in [3.63, 3.8) is 0 Å². The average Bonchev–Trinajstić information content (AvgIpc) is 2.78. The van der Waals surface area contributed by atoms with E-state index in [1.165, 1.54) is 0 Å². The number of aromatic amines is 1. The molecule has 2 fully saturated rings. The Bertz CT molecular complexity index is 667. The molecular weight excluding hydrogens is 274 g/mol. The molecule has 2 aliphatic heterocycles. The van der Waals surface area contributed by atoms with Crippen LogP contribution in [0.15, 0.2) is 10.9 Å².